The molecule has 5 nitrogen and oxygen atoms in total. The number of carbonyl (C=O) groups is 2. The summed E-state index contributed by atoms with van der Waals surface area (Å²) in [5.74, 6) is -0.484. The number of carbonyl (C=O) groups excluding carboxylic acids is 2. The van der Waals surface area contributed by atoms with Crippen molar-refractivity contribution in [2.45, 2.75) is 13.3 Å². The van der Waals surface area contributed by atoms with Crippen molar-refractivity contribution in [3.63, 3.8) is 0 Å². The molecule has 1 heterocycles. The Morgan fingerprint density at radius 2 is 2.21 bits per heavy atom. The first kappa shape index (κ1) is 13.1. The molecule has 0 unspecified atom stereocenters. The molecule has 100 valence electrons. The van der Waals surface area contributed by atoms with Crippen LogP contribution in [0, 0.1) is 0 Å². The molecular formula is C14H15NO4. The van der Waals surface area contributed by atoms with Gasteiger partial charge < -0.3 is 15.2 Å². The Morgan fingerprint density at radius 1 is 1.42 bits per heavy atom. The van der Waals surface area contributed by atoms with E-state index in [1.54, 1.807) is 31.2 Å². The van der Waals surface area contributed by atoms with Crippen molar-refractivity contribution in [2.24, 2.45) is 5.73 Å². The number of para-hydroxylation sites is 1. The van der Waals surface area contributed by atoms with Crippen LogP contribution in [0.25, 0.3) is 6.08 Å². The van der Waals surface area contributed by atoms with Crippen molar-refractivity contribution in [2.75, 3.05) is 13.2 Å². The highest BCUT2D eigenvalue weighted by Gasteiger charge is 2.19. The smallest absolute Gasteiger partial charge is 0.334 e. The van der Waals surface area contributed by atoms with Gasteiger partial charge in [0.1, 0.15) is 5.75 Å². The van der Waals surface area contributed by atoms with E-state index in [1.165, 1.54) is 0 Å². The lowest BCUT2D eigenvalue weighted by Crippen LogP contribution is -2.13. The highest BCUT2D eigenvalue weighted by Crippen LogP contribution is 2.29. The zero-order chi connectivity index (χ0) is 13.8. The average molecular weight is 261 g/mol. The van der Waals surface area contributed by atoms with E-state index in [2.05, 4.69) is 0 Å². The van der Waals surface area contributed by atoms with Gasteiger partial charge in [0, 0.05) is 17.6 Å². The Bertz CT molecular complexity index is 548. The first-order chi connectivity index (χ1) is 9.13. The van der Waals surface area contributed by atoms with E-state index in [4.69, 9.17) is 15.2 Å². The van der Waals surface area contributed by atoms with E-state index in [-0.39, 0.29) is 5.97 Å². The maximum absolute atomic E-state index is 11.7. The fourth-order valence-electron chi connectivity index (χ4n) is 1.93. The molecule has 1 amide bonds. The Kier molecular flexibility index (Phi) is 3.85. The molecule has 0 aliphatic carbocycles. The number of ether oxygens (including phenoxy) is 2. The molecule has 2 rings (SSSR count). The predicted molar refractivity (Wildman–Crippen MR) is 69.7 cm³/mol. The molecule has 0 bridgehead atoms. The molecule has 1 aromatic carbocycles. The quantitative estimate of drug-likeness (QED) is 0.836. The molecule has 19 heavy (non-hydrogen) atoms. The minimum atomic E-state index is -0.551. The number of benzene rings is 1. The van der Waals surface area contributed by atoms with Gasteiger partial charge in [-0.15, -0.1) is 0 Å². The van der Waals surface area contributed by atoms with Gasteiger partial charge in [-0.2, -0.15) is 0 Å². The van der Waals surface area contributed by atoms with Crippen LogP contribution in [0.4, 0.5) is 0 Å². The number of primary amides is 1. The van der Waals surface area contributed by atoms with Crippen LogP contribution < -0.4 is 10.5 Å². The van der Waals surface area contributed by atoms with Crippen molar-refractivity contribution >= 4 is 18.0 Å². The lowest BCUT2D eigenvalue weighted by atomic mass is 10.1. The van der Waals surface area contributed by atoms with E-state index < -0.39 is 5.91 Å². The second-order valence-electron chi connectivity index (χ2n) is 4.08. The summed E-state index contributed by atoms with van der Waals surface area (Å²) in [6.07, 6.45) is 2.12. The molecule has 1 aromatic rings. The van der Waals surface area contributed by atoms with Gasteiger partial charge in [-0.25, -0.2) is 4.79 Å². The van der Waals surface area contributed by atoms with Crippen molar-refractivity contribution in [3.8, 4) is 5.75 Å². The number of hydrogen-bond donors (Lipinski definition) is 1. The van der Waals surface area contributed by atoms with E-state index in [1.807, 2.05) is 0 Å². The molecule has 0 atom stereocenters. The minimum Gasteiger partial charge on any atom is -0.492 e. The van der Waals surface area contributed by atoms with Crippen LogP contribution in [0.2, 0.25) is 0 Å². The van der Waals surface area contributed by atoms with Gasteiger partial charge >= 0.3 is 5.97 Å². The summed E-state index contributed by atoms with van der Waals surface area (Å²) < 4.78 is 10.5. The normalized spacial score (nSPS) is 13.6. The number of amides is 1. The Morgan fingerprint density at radius 3 is 2.89 bits per heavy atom. The zero-order valence-corrected chi connectivity index (χ0v) is 10.6. The van der Waals surface area contributed by atoms with E-state index in [0.29, 0.717) is 42.1 Å². The summed E-state index contributed by atoms with van der Waals surface area (Å²) in [7, 11) is 0. The van der Waals surface area contributed by atoms with Gasteiger partial charge in [0.2, 0.25) is 0 Å². The van der Waals surface area contributed by atoms with Gasteiger partial charge in [0.05, 0.1) is 18.8 Å². The van der Waals surface area contributed by atoms with Crippen molar-refractivity contribution < 1.29 is 19.1 Å². The third kappa shape index (κ3) is 2.76. The van der Waals surface area contributed by atoms with Crippen molar-refractivity contribution in [3.05, 3.63) is 34.9 Å². The first-order valence-electron chi connectivity index (χ1n) is 6.06. The summed E-state index contributed by atoms with van der Waals surface area (Å²) >= 11 is 0. The Labute approximate surface area is 111 Å². The molecule has 1 aliphatic rings. The van der Waals surface area contributed by atoms with Crippen LogP contribution in [0.1, 0.15) is 29.3 Å². The second kappa shape index (κ2) is 5.56. The lowest BCUT2D eigenvalue weighted by molar-refractivity contribution is -0.138. The maximum Gasteiger partial charge on any atom is 0.334 e. The van der Waals surface area contributed by atoms with Crippen LogP contribution in [0.3, 0.4) is 0 Å². The second-order valence-corrected chi connectivity index (χ2v) is 4.08. The molecule has 0 spiro atoms. The molecule has 0 saturated heterocycles. The largest absolute Gasteiger partial charge is 0.492 e. The van der Waals surface area contributed by atoms with Gasteiger partial charge in [-0.3, -0.25) is 4.79 Å². The average Bonchev–Trinajstić information content (AvgIpc) is 2.60. The molecule has 2 N–H and O–H groups in total. The number of esters is 1. The standard InChI is InChI=1S/C14H15NO4/c1-2-18-14(17)10-6-7-19-12-9(8-10)4-3-5-11(12)13(15)16/h3-5,8H,2,6-7H2,1H3,(H2,15,16). The van der Waals surface area contributed by atoms with Gasteiger partial charge in [-0.1, -0.05) is 12.1 Å². The van der Waals surface area contributed by atoms with Gasteiger partial charge in [0.15, 0.2) is 0 Å². The summed E-state index contributed by atoms with van der Waals surface area (Å²) in [6.45, 7) is 2.39. The fourth-order valence-corrected chi connectivity index (χ4v) is 1.93. The summed E-state index contributed by atoms with van der Waals surface area (Å²) in [5, 5.41) is 0. The Hall–Kier alpha value is -2.30. The first-order valence-corrected chi connectivity index (χ1v) is 6.06. The number of rotatable bonds is 3. The molecule has 0 radical (unpaired) electrons. The molecule has 0 aromatic heterocycles. The minimum absolute atomic E-state index is 0.307. The van der Waals surface area contributed by atoms with Crippen LogP contribution in [0.15, 0.2) is 23.8 Å². The van der Waals surface area contributed by atoms with E-state index in [9.17, 15) is 9.59 Å². The summed E-state index contributed by atoms with van der Waals surface area (Å²) in [4.78, 5) is 23.1. The molecule has 0 fully saturated rings. The van der Waals surface area contributed by atoms with Crippen LogP contribution in [-0.4, -0.2) is 25.1 Å². The molecular weight excluding hydrogens is 246 g/mol. The van der Waals surface area contributed by atoms with Gasteiger partial charge in [-0.05, 0) is 19.1 Å². The SMILES string of the molecule is CCOC(=O)C1=Cc2cccc(C(N)=O)c2OCC1. The van der Waals surface area contributed by atoms with Gasteiger partial charge in [0.25, 0.3) is 5.91 Å². The van der Waals surface area contributed by atoms with Crippen molar-refractivity contribution in [1.29, 1.82) is 0 Å². The lowest BCUT2D eigenvalue weighted by Gasteiger charge is -2.09. The number of nitrogens with two attached hydrogens (primary N) is 1. The maximum atomic E-state index is 11.7. The molecule has 1 aliphatic heterocycles. The number of fused-ring (bicyclic) bond motifs is 1. The van der Waals surface area contributed by atoms with E-state index in [0.717, 1.165) is 0 Å². The van der Waals surface area contributed by atoms with Crippen LogP contribution >= 0.6 is 0 Å². The zero-order valence-electron chi connectivity index (χ0n) is 10.6. The van der Waals surface area contributed by atoms with E-state index >= 15 is 0 Å². The molecule has 0 saturated carbocycles. The Balaban J connectivity index is 2.42. The van der Waals surface area contributed by atoms with Crippen molar-refractivity contribution in [1.82, 2.24) is 0 Å². The van der Waals surface area contributed by atoms with Crippen LogP contribution in [-0.2, 0) is 9.53 Å². The summed E-state index contributed by atoms with van der Waals surface area (Å²) in [6, 6.07) is 5.07. The third-order valence-corrected chi connectivity index (χ3v) is 2.80. The van der Waals surface area contributed by atoms with Crippen LogP contribution in [0.5, 0.6) is 5.75 Å². The summed E-state index contributed by atoms with van der Waals surface area (Å²) in [5.41, 5.74) is 6.81. The third-order valence-electron chi connectivity index (χ3n) is 2.80. The number of hydrogen-bond acceptors (Lipinski definition) is 4. The monoisotopic (exact) mass is 261 g/mol. The highest BCUT2D eigenvalue weighted by atomic mass is 16.5. The molecule has 5 heteroatoms. The predicted octanol–water partition coefficient (Wildman–Crippen LogP) is 1.51. The highest BCUT2D eigenvalue weighted by molar-refractivity contribution is 5.99. The topological polar surface area (TPSA) is 78.6 Å². The fraction of sp³-hybridized carbons (Fsp3) is 0.286.